The van der Waals surface area contributed by atoms with Crippen molar-refractivity contribution in [3.05, 3.63) is 82.8 Å². The number of aliphatic hydroxyl groups excluding tert-OH is 1. The van der Waals surface area contributed by atoms with Crippen LogP contribution in [0.4, 0.5) is 4.79 Å². The molecule has 4 rings (SSSR count). The average Bonchev–Trinajstić information content (AvgIpc) is 3.45. The van der Waals surface area contributed by atoms with Crippen LogP contribution in [0, 0.1) is 0 Å². The number of nitrogens with one attached hydrogen (secondary N) is 3. The van der Waals surface area contributed by atoms with Gasteiger partial charge in [-0.1, -0.05) is 18.2 Å². The van der Waals surface area contributed by atoms with Gasteiger partial charge in [0.2, 0.25) is 0 Å². The molecule has 0 aliphatic carbocycles. The molecule has 0 saturated heterocycles. The molecule has 5 N–H and O–H groups in total. The highest BCUT2D eigenvalue weighted by atomic mass is 16.5. The standard InChI is InChI=1S/C29H30N4O9/c1-4-40-23-13-18(26-25(28(37)39-3)16(2)31-29(38)32-26)8-10-22(23)41-15-24(34)33-30-14-20-9-11-21(42-20)17-6-5-7-19(12-17)27(35)36/h5-14,24,26,33-34H,4,15H2,1-3H3,(H,35,36)(H2,31,32,38)/b30-14+/t24-,26-/m0/s1. The number of amides is 2. The summed E-state index contributed by atoms with van der Waals surface area (Å²) in [6, 6.07) is 13.4. The highest BCUT2D eigenvalue weighted by molar-refractivity contribution is 5.95. The van der Waals surface area contributed by atoms with E-state index in [2.05, 4.69) is 21.2 Å². The molecule has 13 nitrogen and oxygen atoms in total. The fourth-order valence-electron chi connectivity index (χ4n) is 4.19. The van der Waals surface area contributed by atoms with E-state index in [0.717, 1.165) is 0 Å². The number of nitrogens with zero attached hydrogens (tertiary/aromatic N) is 1. The number of methoxy groups -OCH3 is 1. The molecule has 1 aliphatic heterocycles. The summed E-state index contributed by atoms with van der Waals surface area (Å²) < 4.78 is 22.0. The maximum atomic E-state index is 12.4. The first-order valence-electron chi connectivity index (χ1n) is 12.9. The lowest BCUT2D eigenvalue weighted by molar-refractivity contribution is -0.136. The Kier molecular flexibility index (Phi) is 9.45. The van der Waals surface area contributed by atoms with Gasteiger partial charge in [0.25, 0.3) is 0 Å². The van der Waals surface area contributed by atoms with Crippen LogP contribution in [0.3, 0.4) is 0 Å². The lowest BCUT2D eigenvalue weighted by Crippen LogP contribution is -2.45. The zero-order valence-corrected chi connectivity index (χ0v) is 23.0. The van der Waals surface area contributed by atoms with E-state index in [1.165, 1.54) is 25.5 Å². The lowest BCUT2D eigenvalue weighted by Gasteiger charge is -2.28. The normalized spacial score (nSPS) is 15.5. The van der Waals surface area contributed by atoms with Gasteiger partial charge in [0.05, 0.1) is 37.1 Å². The molecule has 0 bridgehead atoms. The minimum Gasteiger partial charge on any atom is -0.490 e. The summed E-state index contributed by atoms with van der Waals surface area (Å²) in [5.74, 6) is -0.119. The molecule has 220 valence electrons. The number of furan rings is 1. The zero-order valence-electron chi connectivity index (χ0n) is 23.0. The molecule has 2 amide bonds. The maximum Gasteiger partial charge on any atom is 0.337 e. The fraction of sp³-hybridized carbons (Fsp3) is 0.241. The summed E-state index contributed by atoms with van der Waals surface area (Å²) in [4.78, 5) is 35.7. The smallest absolute Gasteiger partial charge is 0.337 e. The van der Waals surface area contributed by atoms with Crippen LogP contribution in [0.15, 0.2) is 75.4 Å². The number of aliphatic hydroxyl groups is 1. The van der Waals surface area contributed by atoms with Gasteiger partial charge in [0, 0.05) is 11.3 Å². The summed E-state index contributed by atoms with van der Waals surface area (Å²) in [7, 11) is 1.26. The summed E-state index contributed by atoms with van der Waals surface area (Å²) in [5, 5.41) is 28.8. The van der Waals surface area contributed by atoms with E-state index < -0.39 is 30.2 Å². The van der Waals surface area contributed by atoms with Gasteiger partial charge in [-0.25, -0.2) is 14.4 Å². The number of hydrazone groups is 1. The molecule has 0 radical (unpaired) electrons. The Hall–Kier alpha value is -5.30. The molecule has 2 aromatic carbocycles. The van der Waals surface area contributed by atoms with E-state index in [1.54, 1.807) is 56.3 Å². The number of rotatable bonds is 12. The van der Waals surface area contributed by atoms with Crippen LogP contribution in [0.25, 0.3) is 11.3 Å². The molecule has 1 aliphatic rings. The minimum atomic E-state index is -1.20. The number of carboxylic acid groups (broad SMARTS) is 1. The van der Waals surface area contributed by atoms with Gasteiger partial charge < -0.3 is 39.5 Å². The maximum absolute atomic E-state index is 12.4. The second-order valence-corrected chi connectivity index (χ2v) is 9.00. The Morgan fingerprint density at radius 2 is 1.95 bits per heavy atom. The Labute approximate surface area is 240 Å². The second kappa shape index (κ2) is 13.4. The molecule has 1 aromatic heterocycles. The van der Waals surface area contributed by atoms with Crippen molar-refractivity contribution in [2.45, 2.75) is 26.1 Å². The van der Waals surface area contributed by atoms with E-state index in [1.807, 2.05) is 0 Å². The quantitative estimate of drug-likeness (QED) is 0.0927. The van der Waals surface area contributed by atoms with Crippen molar-refractivity contribution in [3.63, 3.8) is 0 Å². The second-order valence-electron chi connectivity index (χ2n) is 9.00. The lowest BCUT2D eigenvalue weighted by atomic mass is 9.95. The van der Waals surface area contributed by atoms with Crippen molar-refractivity contribution < 1.29 is 43.2 Å². The number of carbonyl (C=O) groups excluding carboxylic acids is 2. The van der Waals surface area contributed by atoms with Crippen molar-refractivity contribution in [1.82, 2.24) is 16.1 Å². The topological polar surface area (TPSA) is 181 Å². The van der Waals surface area contributed by atoms with Gasteiger partial charge in [-0.2, -0.15) is 5.10 Å². The van der Waals surface area contributed by atoms with Gasteiger partial charge in [0.1, 0.15) is 18.1 Å². The summed E-state index contributed by atoms with van der Waals surface area (Å²) in [6.45, 7) is 3.52. The van der Waals surface area contributed by atoms with E-state index in [4.69, 9.17) is 18.6 Å². The molecule has 0 saturated carbocycles. The molecule has 2 heterocycles. The third-order valence-electron chi connectivity index (χ3n) is 6.11. The van der Waals surface area contributed by atoms with Crippen molar-refractivity contribution in [2.24, 2.45) is 5.10 Å². The van der Waals surface area contributed by atoms with Crippen molar-refractivity contribution >= 4 is 24.2 Å². The van der Waals surface area contributed by atoms with Gasteiger partial charge in [-0.15, -0.1) is 0 Å². The molecule has 42 heavy (non-hydrogen) atoms. The third kappa shape index (κ3) is 7.06. The number of hydrogen-bond acceptors (Lipinski definition) is 10. The largest absolute Gasteiger partial charge is 0.490 e. The van der Waals surface area contributed by atoms with Gasteiger partial charge in [-0.05, 0) is 55.8 Å². The van der Waals surface area contributed by atoms with Crippen LogP contribution >= 0.6 is 0 Å². The Morgan fingerprint density at radius 3 is 2.69 bits per heavy atom. The number of allylic oxidation sites excluding steroid dienone is 1. The first kappa shape index (κ1) is 29.7. The van der Waals surface area contributed by atoms with Crippen molar-refractivity contribution in [1.29, 1.82) is 0 Å². The fourth-order valence-corrected chi connectivity index (χ4v) is 4.19. The molecular weight excluding hydrogens is 548 g/mol. The zero-order chi connectivity index (χ0) is 30.2. The Balaban J connectivity index is 1.39. The third-order valence-corrected chi connectivity index (χ3v) is 6.11. The number of benzene rings is 2. The number of aromatic carboxylic acids is 1. The van der Waals surface area contributed by atoms with E-state index in [-0.39, 0.29) is 17.7 Å². The summed E-state index contributed by atoms with van der Waals surface area (Å²) >= 11 is 0. The summed E-state index contributed by atoms with van der Waals surface area (Å²) in [5.41, 5.74) is 4.47. The molecule has 0 fully saturated rings. The SMILES string of the molecule is CCOc1cc([C@@H]2NC(=O)NC(C)=C2C(=O)OC)ccc1OC[C@H](O)N/N=C/c1ccc(-c2cccc(C(=O)O)c2)o1. The number of carbonyl (C=O) groups is 3. The van der Waals surface area contributed by atoms with Crippen LogP contribution in [0.5, 0.6) is 11.5 Å². The molecule has 3 aromatic rings. The molecular formula is C29H30N4O9. The average molecular weight is 579 g/mol. The van der Waals surface area contributed by atoms with Crippen molar-refractivity contribution in [2.75, 3.05) is 20.3 Å². The highest BCUT2D eigenvalue weighted by Gasteiger charge is 2.32. The monoisotopic (exact) mass is 578 g/mol. The Morgan fingerprint density at radius 1 is 1.14 bits per heavy atom. The highest BCUT2D eigenvalue weighted by Crippen LogP contribution is 2.35. The molecule has 0 spiro atoms. The van der Waals surface area contributed by atoms with Crippen LogP contribution in [-0.4, -0.2) is 60.9 Å². The van der Waals surface area contributed by atoms with Crippen molar-refractivity contribution in [3.8, 4) is 22.8 Å². The number of ether oxygens (including phenoxy) is 3. The minimum absolute atomic E-state index is 0.141. The number of hydrogen-bond donors (Lipinski definition) is 5. The molecule has 2 atom stereocenters. The molecule has 13 heteroatoms. The van der Waals surface area contributed by atoms with E-state index >= 15 is 0 Å². The van der Waals surface area contributed by atoms with E-state index in [0.29, 0.717) is 46.5 Å². The number of urea groups is 1. The van der Waals surface area contributed by atoms with Gasteiger partial charge in [-0.3, -0.25) is 5.43 Å². The Bertz CT molecular complexity index is 1530. The van der Waals surface area contributed by atoms with Gasteiger partial charge in [0.15, 0.2) is 17.7 Å². The van der Waals surface area contributed by atoms with Crippen LogP contribution in [0.2, 0.25) is 0 Å². The van der Waals surface area contributed by atoms with Crippen LogP contribution in [-0.2, 0) is 9.53 Å². The predicted molar refractivity (Wildman–Crippen MR) is 150 cm³/mol. The van der Waals surface area contributed by atoms with Crippen LogP contribution in [0.1, 0.15) is 41.6 Å². The first-order valence-corrected chi connectivity index (χ1v) is 12.9. The van der Waals surface area contributed by atoms with Gasteiger partial charge >= 0.3 is 18.0 Å². The predicted octanol–water partition coefficient (Wildman–Crippen LogP) is 3.17. The van der Waals surface area contributed by atoms with E-state index in [9.17, 15) is 24.6 Å². The number of esters is 1. The first-order chi connectivity index (χ1) is 20.2. The number of carboxylic acids is 1. The van der Waals surface area contributed by atoms with Crippen LogP contribution < -0.4 is 25.5 Å². The molecule has 0 unspecified atom stereocenters. The summed E-state index contributed by atoms with van der Waals surface area (Å²) in [6.07, 6.45) is 0.160.